The Labute approximate surface area is 98.1 Å². The van der Waals surface area contributed by atoms with Crippen molar-refractivity contribution in [2.45, 2.75) is 32.6 Å². The third-order valence-corrected chi connectivity index (χ3v) is 4.19. The van der Waals surface area contributed by atoms with Gasteiger partial charge in [0.05, 0.1) is 4.88 Å². The predicted molar refractivity (Wildman–Crippen MR) is 62.4 cm³/mol. The van der Waals surface area contributed by atoms with E-state index in [4.69, 9.17) is 5.11 Å². The van der Waals surface area contributed by atoms with Gasteiger partial charge in [-0.15, -0.1) is 11.3 Å². The first kappa shape index (κ1) is 11.3. The van der Waals surface area contributed by atoms with Crippen molar-refractivity contribution in [1.29, 1.82) is 0 Å². The molecule has 1 aromatic heterocycles. The van der Waals surface area contributed by atoms with Crippen molar-refractivity contribution >= 4 is 23.6 Å². The molecule has 0 amide bonds. The van der Waals surface area contributed by atoms with Gasteiger partial charge in [-0.1, -0.05) is 13.8 Å². The Kier molecular flexibility index (Phi) is 2.62. The first-order chi connectivity index (χ1) is 7.43. The van der Waals surface area contributed by atoms with Gasteiger partial charge in [0, 0.05) is 0 Å². The van der Waals surface area contributed by atoms with Gasteiger partial charge in [-0.3, -0.25) is 4.79 Å². The summed E-state index contributed by atoms with van der Waals surface area (Å²) in [7, 11) is 0. The van der Waals surface area contributed by atoms with Crippen LogP contribution in [-0.4, -0.2) is 17.4 Å². The van der Waals surface area contributed by atoms with Gasteiger partial charge in [0.1, 0.15) is 4.88 Å². The number of hydrogen-bond acceptors (Lipinski definition) is 3. The molecule has 1 N–H and O–H groups in total. The molecule has 0 spiro atoms. The number of rotatable bonds is 3. The Morgan fingerprint density at radius 3 is 2.62 bits per heavy atom. The van der Waals surface area contributed by atoms with Crippen molar-refractivity contribution < 1.29 is 14.7 Å². The van der Waals surface area contributed by atoms with Gasteiger partial charge in [0.15, 0.2) is 6.29 Å². The molecule has 0 aromatic carbocycles. The molecule has 3 nitrogen and oxygen atoms in total. The van der Waals surface area contributed by atoms with Gasteiger partial charge >= 0.3 is 5.97 Å². The normalized spacial score (nSPS) is 19.1. The minimum atomic E-state index is -0.919. The molecular weight excluding hydrogens is 224 g/mol. The fourth-order valence-corrected chi connectivity index (χ4v) is 3.35. The van der Waals surface area contributed by atoms with Crippen LogP contribution in [0.2, 0.25) is 0 Å². The number of hydrogen-bond donors (Lipinski definition) is 1. The van der Waals surface area contributed by atoms with Gasteiger partial charge in [0.25, 0.3) is 0 Å². The Bertz CT molecular complexity index is 437. The standard InChI is InChI=1S/C12H14O3S/c1-12(2)4-7(5-12)9-3-8(6-13)16-10(9)11(14)15/h3,6-7H,4-5H2,1-2H3,(H,14,15). The smallest absolute Gasteiger partial charge is 0.346 e. The average molecular weight is 238 g/mol. The lowest BCUT2D eigenvalue weighted by Gasteiger charge is -2.42. The topological polar surface area (TPSA) is 54.4 Å². The molecule has 0 aliphatic heterocycles. The zero-order chi connectivity index (χ0) is 11.9. The largest absolute Gasteiger partial charge is 0.477 e. The van der Waals surface area contributed by atoms with E-state index < -0.39 is 5.97 Å². The summed E-state index contributed by atoms with van der Waals surface area (Å²) in [4.78, 5) is 22.6. The number of carboxylic acids is 1. The van der Waals surface area contributed by atoms with E-state index in [0.29, 0.717) is 21.1 Å². The second-order valence-corrected chi connectivity index (χ2v) is 6.21. The number of carbonyl (C=O) groups excluding carboxylic acids is 1. The molecule has 0 unspecified atom stereocenters. The van der Waals surface area contributed by atoms with E-state index in [0.717, 1.165) is 36.0 Å². The van der Waals surface area contributed by atoms with Gasteiger partial charge in [-0.2, -0.15) is 0 Å². The van der Waals surface area contributed by atoms with E-state index in [2.05, 4.69) is 13.8 Å². The molecule has 0 radical (unpaired) electrons. The molecule has 1 saturated carbocycles. The summed E-state index contributed by atoms with van der Waals surface area (Å²) in [5.41, 5.74) is 1.16. The van der Waals surface area contributed by atoms with Crippen LogP contribution in [-0.2, 0) is 0 Å². The van der Waals surface area contributed by atoms with Crippen LogP contribution in [0.5, 0.6) is 0 Å². The van der Waals surface area contributed by atoms with Crippen LogP contribution in [0.1, 0.15) is 57.5 Å². The lowest BCUT2D eigenvalue weighted by molar-refractivity contribution is 0.0696. The summed E-state index contributed by atoms with van der Waals surface area (Å²) in [6.07, 6.45) is 2.73. The Hall–Kier alpha value is -1.16. The maximum atomic E-state index is 11.1. The molecule has 16 heavy (non-hydrogen) atoms. The highest BCUT2D eigenvalue weighted by molar-refractivity contribution is 7.15. The van der Waals surface area contributed by atoms with Crippen LogP contribution in [0.25, 0.3) is 0 Å². The van der Waals surface area contributed by atoms with Gasteiger partial charge in [-0.05, 0) is 35.8 Å². The van der Waals surface area contributed by atoms with E-state index in [9.17, 15) is 9.59 Å². The van der Waals surface area contributed by atoms with Crippen molar-refractivity contribution in [2.24, 2.45) is 5.41 Å². The van der Waals surface area contributed by atoms with Gasteiger partial charge in [0.2, 0.25) is 0 Å². The highest BCUT2D eigenvalue weighted by Gasteiger charge is 2.39. The molecule has 1 aliphatic carbocycles. The van der Waals surface area contributed by atoms with Crippen LogP contribution in [0, 0.1) is 5.41 Å². The molecule has 0 saturated heterocycles. The quantitative estimate of drug-likeness (QED) is 0.823. The van der Waals surface area contributed by atoms with Crippen molar-refractivity contribution in [1.82, 2.24) is 0 Å². The molecule has 86 valence electrons. The fourth-order valence-electron chi connectivity index (χ4n) is 2.45. The summed E-state index contributed by atoms with van der Waals surface area (Å²) < 4.78 is 0. The molecule has 4 heteroatoms. The van der Waals surface area contributed by atoms with Crippen molar-refractivity contribution in [3.63, 3.8) is 0 Å². The fraction of sp³-hybridized carbons (Fsp3) is 0.500. The second-order valence-electron chi connectivity index (χ2n) is 5.13. The van der Waals surface area contributed by atoms with Gasteiger partial charge < -0.3 is 5.11 Å². The minimum Gasteiger partial charge on any atom is -0.477 e. The summed E-state index contributed by atoms with van der Waals surface area (Å²) in [5.74, 6) is -0.608. The Morgan fingerprint density at radius 1 is 1.56 bits per heavy atom. The van der Waals surface area contributed by atoms with Crippen LogP contribution in [0.4, 0.5) is 0 Å². The van der Waals surface area contributed by atoms with E-state index in [1.54, 1.807) is 6.07 Å². The van der Waals surface area contributed by atoms with Crippen molar-refractivity contribution in [3.8, 4) is 0 Å². The maximum Gasteiger partial charge on any atom is 0.346 e. The Morgan fingerprint density at radius 2 is 2.19 bits per heavy atom. The molecule has 2 rings (SSSR count). The van der Waals surface area contributed by atoms with E-state index in [1.807, 2.05) is 0 Å². The number of aldehydes is 1. The van der Waals surface area contributed by atoms with Crippen LogP contribution in [0.3, 0.4) is 0 Å². The SMILES string of the molecule is CC1(C)CC(c2cc(C=O)sc2C(=O)O)C1. The van der Waals surface area contributed by atoms with E-state index in [1.165, 1.54) is 0 Å². The molecule has 1 aromatic rings. The molecule has 0 bridgehead atoms. The zero-order valence-corrected chi connectivity index (χ0v) is 10.1. The third kappa shape index (κ3) is 1.89. The molecule has 1 fully saturated rings. The lowest BCUT2D eigenvalue weighted by Crippen LogP contribution is -2.30. The number of thiophene rings is 1. The van der Waals surface area contributed by atoms with Crippen LogP contribution < -0.4 is 0 Å². The third-order valence-electron chi connectivity index (χ3n) is 3.13. The minimum absolute atomic E-state index is 0.309. The zero-order valence-electron chi connectivity index (χ0n) is 9.32. The second kappa shape index (κ2) is 3.70. The summed E-state index contributed by atoms with van der Waals surface area (Å²) in [6, 6.07) is 1.74. The van der Waals surface area contributed by atoms with E-state index >= 15 is 0 Å². The average Bonchev–Trinajstić information content (AvgIpc) is 2.57. The van der Waals surface area contributed by atoms with Crippen molar-refractivity contribution in [2.75, 3.05) is 0 Å². The Balaban J connectivity index is 2.30. The first-order valence-corrected chi connectivity index (χ1v) is 6.07. The molecule has 1 heterocycles. The van der Waals surface area contributed by atoms with E-state index in [-0.39, 0.29) is 0 Å². The summed E-state index contributed by atoms with van der Waals surface area (Å²) in [5, 5.41) is 9.07. The number of aromatic carboxylic acids is 1. The number of carboxylic acid groups (broad SMARTS) is 1. The number of carbonyl (C=O) groups is 2. The van der Waals surface area contributed by atoms with Crippen LogP contribution in [0.15, 0.2) is 6.07 Å². The highest BCUT2D eigenvalue weighted by atomic mass is 32.1. The molecular formula is C12H14O3S. The molecule has 1 aliphatic rings. The van der Waals surface area contributed by atoms with Crippen molar-refractivity contribution in [3.05, 3.63) is 21.4 Å². The maximum absolute atomic E-state index is 11.1. The summed E-state index contributed by atoms with van der Waals surface area (Å²) >= 11 is 1.08. The highest BCUT2D eigenvalue weighted by Crippen LogP contribution is 2.52. The van der Waals surface area contributed by atoms with Gasteiger partial charge in [-0.25, -0.2) is 4.79 Å². The first-order valence-electron chi connectivity index (χ1n) is 5.25. The summed E-state index contributed by atoms with van der Waals surface area (Å²) in [6.45, 7) is 4.36. The van der Waals surface area contributed by atoms with Crippen LogP contribution >= 0.6 is 11.3 Å². The predicted octanol–water partition coefficient (Wildman–Crippen LogP) is 3.16. The lowest BCUT2D eigenvalue weighted by atomic mass is 9.62. The monoisotopic (exact) mass is 238 g/mol. The molecule has 0 atom stereocenters.